The van der Waals surface area contributed by atoms with Crippen molar-refractivity contribution in [3.63, 3.8) is 0 Å². The molecule has 5 N–H and O–H groups in total. The first-order chi connectivity index (χ1) is 15.0. The number of rotatable bonds is 8. The summed E-state index contributed by atoms with van der Waals surface area (Å²) in [4.78, 5) is 0. The first kappa shape index (κ1) is 22.4. The minimum absolute atomic E-state index is 0.192. The SMILES string of the molecule is OCCCc1ccc(Cc2cc([C@@H]3O[C@H](CO)[C@@H](O)[C@H](O)[C@H]3O)ccc2C2CC2)cc1. The Hall–Kier alpha value is -1.80. The monoisotopic (exact) mass is 428 g/mol. The molecule has 0 aromatic heterocycles. The molecule has 31 heavy (non-hydrogen) atoms. The summed E-state index contributed by atoms with van der Waals surface area (Å²) in [5, 5.41) is 49.2. The average Bonchev–Trinajstić information content (AvgIpc) is 3.63. The quantitative estimate of drug-likeness (QED) is 0.437. The van der Waals surface area contributed by atoms with Crippen LogP contribution in [0.2, 0.25) is 0 Å². The highest BCUT2D eigenvalue weighted by atomic mass is 16.5. The molecular weight excluding hydrogens is 396 g/mol. The summed E-state index contributed by atoms with van der Waals surface area (Å²) in [5.74, 6) is 0.558. The van der Waals surface area contributed by atoms with E-state index < -0.39 is 37.1 Å². The number of hydrogen-bond donors (Lipinski definition) is 5. The van der Waals surface area contributed by atoms with E-state index in [1.165, 1.54) is 35.1 Å². The van der Waals surface area contributed by atoms with Crippen LogP contribution in [0.5, 0.6) is 0 Å². The zero-order valence-electron chi connectivity index (χ0n) is 17.6. The highest BCUT2D eigenvalue weighted by molar-refractivity contribution is 5.41. The van der Waals surface area contributed by atoms with Gasteiger partial charge in [0.25, 0.3) is 0 Å². The molecule has 6 nitrogen and oxygen atoms in total. The van der Waals surface area contributed by atoms with Crippen molar-refractivity contribution in [1.82, 2.24) is 0 Å². The van der Waals surface area contributed by atoms with E-state index in [-0.39, 0.29) is 6.61 Å². The Labute approximate surface area is 182 Å². The summed E-state index contributed by atoms with van der Waals surface area (Å²) in [6.07, 6.45) is -1.04. The van der Waals surface area contributed by atoms with Crippen molar-refractivity contribution in [2.24, 2.45) is 0 Å². The molecule has 5 atom stereocenters. The van der Waals surface area contributed by atoms with Crippen LogP contribution in [0.4, 0.5) is 0 Å². The Morgan fingerprint density at radius 1 is 0.839 bits per heavy atom. The molecule has 2 aromatic carbocycles. The molecule has 168 valence electrons. The zero-order valence-corrected chi connectivity index (χ0v) is 17.6. The maximum absolute atomic E-state index is 10.5. The fourth-order valence-electron chi connectivity index (χ4n) is 4.45. The van der Waals surface area contributed by atoms with E-state index in [0.717, 1.165) is 24.8 Å². The third-order valence-electron chi connectivity index (χ3n) is 6.45. The van der Waals surface area contributed by atoms with Gasteiger partial charge in [0.05, 0.1) is 6.61 Å². The lowest BCUT2D eigenvalue weighted by Gasteiger charge is -2.40. The fourth-order valence-corrected chi connectivity index (χ4v) is 4.45. The Morgan fingerprint density at radius 3 is 2.19 bits per heavy atom. The summed E-state index contributed by atoms with van der Waals surface area (Å²) in [6.45, 7) is -0.242. The molecule has 1 saturated carbocycles. The number of aliphatic hydroxyl groups is 5. The summed E-state index contributed by atoms with van der Waals surface area (Å²) < 4.78 is 5.76. The Bertz CT molecular complexity index is 861. The van der Waals surface area contributed by atoms with Gasteiger partial charge in [-0.3, -0.25) is 0 Å². The van der Waals surface area contributed by atoms with Crippen molar-refractivity contribution >= 4 is 0 Å². The van der Waals surface area contributed by atoms with E-state index in [9.17, 15) is 20.4 Å². The van der Waals surface area contributed by atoms with Gasteiger partial charge >= 0.3 is 0 Å². The summed E-state index contributed by atoms with van der Waals surface area (Å²) in [6, 6.07) is 14.5. The lowest BCUT2D eigenvalue weighted by atomic mass is 9.88. The van der Waals surface area contributed by atoms with Crippen LogP contribution in [-0.4, -0.2) is 63.2 Å². The van der Waals surface area contributed by atoms with Crippen LogP contribution in [0.15, 0.2) is 42.5 Å². The molecule has 4 rings (SSSR count). The molecule has 6 heteroatoms. The van der Waals surface area contributed by atoms with Gasteiger partial charge in [-0.05, 0) is 65.8 Å². The minimum Gasteiger partial charge on any atom is -0.396 e. The summed E-state index contributed by atoms with van der Waals surface area (Å²) >= 11 is 0. The number of benzene rings is 2. The molecule has 0 radical (unpaired) electrons. The highest BCUT2D eigenvalue weighted by Crippen LogP contribution is 2.43. The second-order valence-electron chi connectivity index (χ2n) is 8.80. The summed E-state index contributed by atoms with van der Waals surface area (Å²) in [7, 11) is 0. The van der Waals surface area contributed by atoms with Crippen molar-refractivity contribution < 1.29 is 30.3 Å². The highest BCUT2D eigenvalue weighted by Gasteiger charge is 2.44. The second kappa shape index (κ2) is 9.77. The smallest absolute Gasteiger partial charge is 0.113 e. The molecule has 0 bridgehead atoms. The molecule has 2 aromatic rings. The second-order valence-corrected chi connectivity index (χ2v) is 8.80. The lowest BCUT2D eigenvalue weighted by molar-refractivity contribution is -0.231. The molecule has 0 unspecified atom stereocenters. The Morgan fingerprint density at radius 2 is 1.55 bits per heavy atom. The van der Waals surface area contributed by atoms with Gasteiger partial charge in [0.2, 0.25) is 0 Å². The first-order valence-electron chi connectivity index (χ1n) is 11.1. The van der Waals surface area contributed by atoms with Gasteiger partial charge in [-0.1, -0.05) is 42.5 Å². The molecule has 1 heterocycles. The zero-order chi connectivity index (χ0) is 22.0. The number of aliphatic hydroxyl groups excluding tert-OH is 5. The lowest BCUT2D eigenvalue weighted by Crippen LogP contribution is -2.55. The van der Waals surface area contributed by atoms with E-state index in [1.807, 2.05) is 12.1 Å². The van der Waals surface area contributed by atoms with Crippen molar-refractivity contribution in [3.8, 4) is 0 Å². The van der Waals surface area contributed by atoms with E-state index >= 15 is 0 Å². The van der Waals surface area contributed by atoms with Crippen LogP contribution >= 0.6 is 0 Å². The minimum atomic E-state index is -1.38. The van der Waals surface area contributed by atoms with Gasteiger partial charge in [0, 0.05) is 6.61 Å². The number of aryl methyl sites for hydroxylation is 1. The maximum atomic E-state index is 10.5. The predicted octanol–water partition coefficient (Wildman–Crippen LogP) is 1.59. The third kappa shape index (κ3) is 5.00. The van der Waals surface area contributed by atoms with Crippen LogP contribution in [0, 0.1) is 0 Å². The normalized spacial score (nSPS) is 28.6. The molecule has 0 spiro atoms. The fraction of sp³-hybridized carbons (Fsp3) is 0.520. The Balaban J connectivity index is 1.58. The van der Waals surface area contributed by atoms with Crippen molar-refractivity contribution in [2.75, 3.05) is 13.2 Å². The summed E-state index contributed by atoms with van der Waals surface area (Å²) in [5.41, 5.74) is 5.59. The van der Waals surface area contributed by atoms with E-state index in [2.05, 4.69) is 30.3 Å². The molecule has 1 aliphatic carbocycles. The molecular formula is C25H32O6. The van der Waals surface area contributed by atoms with Gasteiger partial charge in [-0.25, -0.2) is 0 Å². The van der Waals surface area contributed by atoms with Crippen LogP contribution in [0.3, 0.4) is 0 Å². The predicted molar refractivity (Wildman–Crippen MR) is 116 cm³/mol. The van der Waals surface area contributed by atoms with E-state index in [0.29, 0.717) is 5.92 Å². The van der Waals surface area contributed by atoms with E-state index in [4.69, 9.17) is 9.84 Å². The van der Waals surface area contributed by atoms with Gasteiger partial charge in [0.15, 0.2) is 0 Å². The van der Waals surface area contributed by atoms with Crippen LogP contribution in [0.25, 0.3) is 0 Å². The third-order valence-corrected chi connectivity index (χ3v) is 6.45. The average molecular weight is 429 g/mol. The van der Waals surface area contributed by atoms with Gasteiger partial charge in [-0.2, -0.15) is 0 Å². The van der Waals surface area contributed by atoms with Gasteiger partial charge in [0.1, 0.15) is 30.5 Å². The first-order valence-corrected chi connectivity index (χ1v) is 11.1. The standard InChI is InChI=1S/C25H32O6/c26-11-1-2-15-3-5-16(6-4-15)12-19-13-18(9-10-20(19)17-7-8-17)25-24(30)23(29)22(28)21(14-27)31-25/h3-6,9-10,13,17,21-30H,1-2,7-8,11-12,14H2/t21-,22-,23+,24-,25+/m1/s1. The van der Waals surface area contributed by atoms with Crippen LogP contribution in [0.1, 0.15) is 59.1 Å². The van der Waals surface area contributed by atoms with Crippen LogP contribution < -0.4 is 0 Å². The Kier molecular flexibility index (Phi) is 7.06. The topological polar surface area (TPSA) is 110 Å². The van der Waals surface area contributed by atoms with E-state index in [1.54, 1.807) is 0 Å². The molecule has 2 aliphatic rings. The number of hydrogen-bond acceptors (Lipinski definition) is 6. The van der Waals surface area contributed by atoms with Gasteiger partial charge < -0.3 is 30.3 Å². The number of ether oxygens (including phenoxy) is 1. The molecule has 0 amide bonds. The molecule has 1 saturated heterocycles. The maximum Gasteiger partial charge on any atom is 0.113 e. The van der Waals surface area contributed by atoms with Crippen molar-refractivity contribution in [1.29, 1.82) is 0 Å². The van der Waals surface area contributed by atoms with Crippen molar-refractivity contribution in [2.45, 2.75) is 68.5 Å². The van der Waals surface area contributed by atoms with Crippen LogP contribution in [-0.2, 0) is 17.6 Å². The molecule has 2 fully saturated rings. The van der Waals surface area contributed by atoms with Crippen molar-refractivity contribution in [3.05, 3.63) is 70.3 Å². The largest absolute Gasteiger partial charge is 0.396 e. The van der Waals surface area contributed by atoms with Gasteiger partial charge in [-0.15, -0.1) is 0 Å². The molecule has 1 aliphatic heterocycles.